The zero-order valence-electron chi connectivity index (χ0n) is 21.7. The van der Waals surface area contributed by atoms with E-state index in [0.717, 1.165) is 35.3 Å². The Bertz CT molecular complexity index is 1420. The lowest BCUT2D eigenvalue weighted by molar-refractivity contribution is -0.118. The van der Waals surface area contributed by atoms with E-state index >= 15 is 0 Å². The van der Waals surface area contributed by atoms with E-state index in [4.69, 9.17) is 15.2 Å². The van der Waals surface area contributed by atoms with Crippen molar-refractivity contribution in [3.05, 3.63) is 137 Å². The third-order valence-corrected chi connectivity index (χ3v) is 7.04. The van der Waals surface area contributed by atoms with Gasteiger partial charge in [0.2, 0.25) is 5.91 Å². The van der Waals surface area contributed by atoms with Crippen LogP contribution in [0, 0.1) is 0 Å². The standard InChI is InChI=1S/C33H32N2O4/c34-32(36)31(25-11-5-2-6-12-25)27-13-7-8-14-28(27)33(37)35-30-18-16-24-15-17-26(21-29(24)30)39-20-19-38-22-23-9-3-1-4-10-23/h1-15,17,21,30-31H,16,18-20,22H2,(H2,34,36)(H,35,37)/t30?,31-/m1/s1. The Labute approximate surface area is 228 Å². The third-order valence-electron chi connectivity index (χ3n) is 7.04. The van der Waals surface area contributed by atoms with Crippen LogP contribution in [-0.2, 0) is 22.6 Å². The smallest absolute Gasteiger partial charge is 0.252 e. The van der Waals surface area contributed by atoms with Gasteiger partial charge in [-0.05, 0) is 58.9 Å². The molecule has 0 radical (unpaired) electrons. The number of hydrogen-bond donors (Lipinski definition) is 2. The highest BCUT2D eigenvalue weighted by atomic mass is 16.5. The van der Waals surface area contributed by atoms with Crippen molar-refractivity contribution in [3.8, 4) is 5.75 Å². The molecular formula is C33H32N2O4. The maximum Gasteiger partial charge on any atom is 0.252 e. The highest BCUT2D eigenvalue weighted by Gasteiger charge is 2.28. The lowest BCUT2D eigenvalue weighted by atomic mass is 9.87. The summed E-state index contributed by atoms with van der Waals surface area (Å²) in [6, 6.07) is 32.4. The fourth-order valence-electron chi connectivity index (χ4n) is 5.14. The van der Waals surface area contributed by atoms with Crippen LogP contribution in [0.15, 0.2) is 103 Å². The molecule has 4 aromatic carbocycles. The van der Waals surface area contributed by atoms with Crippen molar-refractivity contribution in [1.82, 2.24) is 5.32 Å². The first-order valence-electron chi connectivity index (χ1n) is 13.2. The van der Waals surface area contributed by atoms with Crippen LogP contribution in [0.5, 0.6) is 5.75 Å². The predicted molar refractivity (Wildman–Crippen MR) is 150 cm³/mol. The fraction of sp³-hybridized carbons (Fsp3) is 0.212. The van der Waals surface area contributed by atoms with Gasteiger partial charge < -0.3 is 20.5 Å². The number of nitrogens with two attached hydrogens (primary N) is 1. The highest BCUT2D eigenvalue weighted by Crippen LogP contribution is 2.35. The molecule has 39 heavy (non-hydrogen) atoms. The van der Waals surface area contributed by atoms with E-state index < -0.39 is 11.8 Å². The number of carbonyl (C=O) groups excluding carboxylic acids is 2. The molecule has 1 aliphatic carbocycles. The van der Waals surface area contributed by atoms with Crippen LogP contribution in [0.1, 0.15) is 56.6 Å². The van der Waals surface area contributed by atoms with E-state index in [1.54, 1.807) is 18.2 Å². The number of fused-ring (bicyclic) bond motifs is 1. The molecule has 2 amide bonds. The molecule has 0 aromatic heterocycles. The average Bonchev–Trinajstić information content (AvgIpc) is 3.36. The van der Waals surface area contributed by atoms with E-state index in [1.807, 2.05) is 78.9 Å². The molecule has 5 rings (SSSR count). The average molecular weight is 521 g/mol. The fourth-order valence-corrected chi connectivity index (χ4v) is 5.14. The minimum atomic E-state index is -0.715. The summed E-state index contributed by atoms with van der Waals surface area (Å²) < 4.78 is 11.7. The summed E-state index contributed by atoms with van der Waals surface area (Å²) in [4.78, 5) is 26.0. The molecule has 1 unspecified atom stereocenters. The highest BCUT2D eigenvalue weighted by molar-refractivity contribution is 5.99. The monoisotopic (exact) mass is 520 g/mol. The van der Waals surface area contributed by atoms with Crippen LogP contribution in [0.3, 0.4) is 0 Å². The van der Waals surface area contributed by atoms with Crippen molar-refractivity contribution in [3.63, 3.8) is 0 Å². The van der Waals surface area contributed by atoms with Crippen LogP contribution in [0.4, 0.5) is 0 Å². The molecule has 0 fully saturated rings. The van der Waals surface area contributed by atoms with Gasteiger partial charge in [0.15, 0.2) is 0 Å². The van der Waals surface area contributed by atoms with Gasteiger partial charge in [-0.1, -0.05) is 84.9 Å². The summed E-state index contributed by atoms with van der Waals surface area (Å²) in [6.07, 6.45) is 1.67. The number of rotatable bonds is 11. The normalized spacial score (nSPS) is 14.8. The Balaban J connectivity index is 1.25. The minimum absolute atomic E-state index is 0.151. The summed E-state index contributed by atoms with van der Waals surface area (Å²) in [6.45, 7) is 1.46. The summed E-state index contributed by atoms with van der Waals surface area (Å²) >= 11 is 0. The number of carbonyl (C=O) groups is 2. The van der Waals surface area contributed by atoms with Crippen LogP contribution in [0.25, 0.3) is 0 Å². The SMILES string of the molecule is NC(=O)[C@H](c1ccccc1)c1ccccc1C(=O)NC1CCc2ccc(OCCOCc3ccccc3)cc21. The summed E-state index contributed by atoms with van der Waals surface area (Å²) in [5, 5.41) is 3.19. The largest absolute Gasteiger partial charge is 0.491 e. The quantitative estimate of drug-likeness (QED) is 0.262. The first-order chi connectivity index (χ1) is 19.1. The minimum Gasteiger partial charge on any atom is -0.491 e. The maximum atomic E-state index is 13.5. The van der Waals surface area contributed by atoms with Crippen molar-refractivity contribution >= 4 is 11.8 Å². The summed E-state index contributed by atoms with van der Waals surface area (Å²) in [5.41, 5.74) is 11.0. The molecular weight excluding hydrogens is 488 g/mol. The van der Waals surface area contributed by atoms with E-state index in [2.05, 4.69) is 11.4 Å². The van der Waals surface area contributed by atoms with Crippen molar-refractivity contribution < 1.29 is 19.1 Å². The number of hydrogen-bond acceptors (Lipinski definition) is 4. The lowest BCUT2D eigenvalue weighted by Gasteiger charge is -2.20. The van der Waals surface area contributed by atoms with Gasteiger partial charge in [0, 0.05) is 5.56 Å². The first-order valence-corrected chi connectivity index (χ1v) is 13.2. The molecule has 0 aliphatic heterocycles. The van der Waals surface area contributed by atoms with Gasteiger partial charge in [-0.15, -0.1) is 0 Å². The number of primary amides is 1. The molecule has 6 nitrogen and oxygen atoms in total. The third kappa shape index (κ3) is 6.36. The topological polar surface area (TPSA) is 90.7 Å². The van der Waals surface area contributed by atoms with Crippen molar-refractivity contribution in [1.29, 1.82) is 0 Å². The summed E-state index contributed by atoms with van der Waals surface area (Å²) in [7, 11) is 0. The zero-order valence-corrected chi connectivity index (χ0v) is 21.7. The van der Waals surface area contributed by atoms with E-state index in [0.29, 0.717) is 30.9 Å². The molecule has 4 aromatic rings. The molecule has 0 saturated carbocycles. The Morgan fingerprint density at radius 3 is 2.36 bits per heavy atom. The van der Waals surface area contributed by atoms with Crippen LogP contribution in [0.2, 0.25) is 0 Å². The van der Waals surface area contributed by atoms with Crippen LogP contribution in [-0.4, -0.2) is 25.0 Å². The Hall–Kier alpha value is -4.42. The number of nitrogens with one attached hydrogen (secondary N) is 1. The summed E-state index contributed by atoms with van der Waals surface area (Å²) in [5.74, 6) is -0.696. The molecule has 6 heteroatoms. The molecule has 0 bridgehead atoms. The van der Waals surface area contributed by atoms with E-state index in [-0.39, 0.29) is 11.9 Å². The molecule has 3 N–H and O–H groups in total. The first kappa shape index (κ1) is 26.2. The van der Waals surface area contributed by atoms with Gasteiger partial charge in [-0.25, -0.2) is 0 Å². The second-order valence-corrected chi connectivity index (χ2v) is 9.65. The van der Waals surface area contributed by atoms with Gasteiger partial charge in [0.25, 0.3) is 5.91 Å². The second kappa shape index (κ2) is 12.4. The van der Waals surface area contributed by atoms with E-state index in [9.17, 15) is 9.59 Å². The molecule has 198 valence electrons. The second-order valence-electron chi connectivity index (χ2n) is 9.65. The van der Waals surface area contributed by atoms with Crippen molar-refractivity contribution in [2.24, 2.45) is 5.73 Å². The van der Waals surface area contributed by atoms with Crippen LogP contribution >= 0.6 is 0 Å². The van der Waals surface area contributed by atoms with Gasteiger partial charge in [0.05, 0.1) is 25.2 Å². The Morgan fingerprint density at radius 1 is 0.872 bits per heavy atom. The van der Waals surface area contributed by atoms with Gasteiger partial charge in [-0.2, -0.15) is 0 Å². The lowest BCUT2D eigenvalue weighted by Crippen LogP contribution is -2.30. The molecule has 2 atom stereocenters. The number of ether oxygens (including phenoxy) is 2. The van der Waals surface area contributed by atoms with Crippen molar-refractivity contribution in [2.75, 3.05) is 13.2 Å². The predicted octanol–water partition coefficient (Wildman–Crippen LogP) is 5.32. The van der Waals surface area contributed by atoms with Crippen molar-refractivity contribution in [2.45, 2.75) is 31.4 Å². The molecule has 0 saturated heterocycles. The van der Waals surface area contributed by atoms with Crippen LogP contribution < -0.4 is 15.8 Å². The number of benzene rings is 4. The molecule has 0 heterocycles. The zero-order chi connectivity index (χ0) is 27.0. The van der Waals surface area contributed by atoms with Gasteiger partial charge >= 0.3 is 0 Å². The molecule has 0 spiro atoms. The number of amides is 2. The maximum absolute atomic E-state index is 13.5. The van der Waals surface area contributed by atoms with E-state index in [1.165, 1.54) is 5.56 Å². The van der Waals surface area contributed by atoms with Gasteiger partial charge in [-0.3, -0.25) is 9.59 Å². The van der Waals surface area contributed by atoms with Gasteiger partial charge in [0.1, 0.15) is 12.4 Å². The Morgan fingerprint density at radius 2 is 1.59 bits per heavy atom. The molecule has 1 aliphatic rings. The Kier molecular flexibility index (Phi) is 8.34. The number of aryl methyl sites for hydroxylation is 1.